The molecule has 0 radical (unpaired) electrons. The van der Waals surface area contributed by atoms with Gasteiger partial charge in [0.1, 0.15) is 30.7 Å². The predicted molar refractivity (Wildman–Crippen MR) is 195 cm³/mol. The second kappa shape index (κ2) is 24.6. The first-order chi connectivity index (χ1) is 24.7. The molecular formula is C35H55IN2O14. The standard InChI is InChI=1S/C35H55IN2O14/c1-35(2,3)34(46)50-22-24-20-23(10-11-25(24)51-33-30(43)28(41)29(42)31(52-33)32(44)45)8-7-14-47-16-18-49-19-17-48-15-13-38-26(39)9-5-4-6-12-37-27(40)21-36/h10-11,20,28-31,33,41-43H,4-9,12-19,21-22H2,1-3H3,(H,37,40)(H,38,39)(H,44,45)/t28-,29-,30+,31-,33+/m0/s1. The summed E-state index contributed by atoms with van der Waals surface area (Å²) in [5.74, 6) is -1.84. The number of aliphatic hydroxyl groups is 3. The zero-order chi connectivity index (χ0) is 38.5. The Morgan fingerprint density at radius 3 is 2.12 bits per heavy atom. The molecule has 1 heterocycles. The highest BCUT2D eigenvalue weighted by atomic mass is 127. The van der Waals surface area contributed by atoms with Crippen molar-refractivity contribution in [3.8, 4) is 5.75 Å². The van der Waals surface area contributed by atoms with Gasteiger partial charge in [-0.3, -0.25) is 14.4 Å². The van der Waals surface area contributed by atoms with Crippen molar-refractivity contribution in [2.24, 2.45) is 5.41 Å². The number of amides is 2. The zero-order valence-corrected chi connectivity index (χ0v) is 32.3. The van der Waals surface area contributed by atoms with Crippen LogP contribution < -0.4 is 15.4 Å². The van der Waals surface area contributed by atoms with E-state index in [1.54, 1.807) is 39.0 Å². The molecule has 2 amide bonds. The fourth-order valence-electron chi connectivity index (χ4n) is 4.78. The van der Waals surface area contributed by atoms with E-state index in [0.29, 0.717) is 82.0 Å². The van der Waals surface area contributed by atoms with Gasteiger partial charge in [-0.05, 0) is 64.2 Å². The van der Waals surface area contributed by atoms with Gasteiger partial charge in [0.05, 0.1) is 42.9 Å². The number of halogens is 1. The molecule has 0 unspecified atom stereocenters. The average molecular weight is 855 g/mol. The summed E-state index contributed by atoms with van der Waals surface area (Å²) in [5.41, 5.74) is 0.542. The highest BCUT2D eigenvalue weighted by Crippen LogP contribution is 2.29. The lowest BCUT2D eigenvalue weighted by Gasteiger charge is -2.38. The molecule has 1 saturated heterocycles. The average Bonchev–Trinajstić information content (AvgIpc) is 3.10. The van der Waals surface area contributed by atoms with Gasteiger partial charge in [0.2, 0.25) is 18.1 Å². The van der Waals surface area contributed by atoms with Crippen LogP contribution in [0.25, 0.3) is 0 Å². The molecule has 296 valence electrons. The number of carboxylic acids is 1. The maximum absolute atomic E-state index is 12.5. The van der Waals surface area contributed by atoms with Gasteiger partial charge in [0.15, 0.2) is 6.10 Å². The second-order valence-corrected chi connectivity index (χ2v) is 14.0. The number of ether oxygens (including phenoxy) is 6. The number of hydrogen-bond donors (Lipinski definition) is 6. The highest BCUT2D eigenvalue weighted by Gasteiger charge is 2.48. The lowest BCUT2D eigenvalue weighted by Crippen LogP contribution is -2.61. The second-order valence-electron chi connectivity index (χ2n) is 13.2. The summed E-state index contributed by atoms with van der Waals surface area (Å²) in [7, 11) is 0. The normalized spacial score (nSPS) is 20.2. The highest BCUT2D eigenvalue weighted by molar-refractivity contribution is 14.1. The van der Waals surface area contributed by atoms with E-state index >= 15 is 0 Å². The first kappa shape index (κ1) is 45.5. The predicted octanol–water partition coefficient (Wildman–Crippen LogP) is 1.26. The largest absolute Gasteiger partial charge is 0.479 e. The molecule has 0 saturated carbocycles. The van der Waals surface area contributed by atoms with Gasteiger partial charge in [-0.1, -0.05) is 35.1 Å². The number of esters is 1. The first-order valence-electron chi connectivity index (χ1n) is 17.4. The van der Waals surface area contributed by atoms with Gasteiger partial charge in [-0.15, -0.1) is 0 Å². The topological polar surface area (TPSA) is 229 Å². The van der Waals surface area contributed by atoms with Gasteiger partial charge in [0, 0.05) is 31.7 Å². The van der Waals surface area contributed by atoms with Crippen molar-refractivity contribution in [1.82, 2.24) is 10.6 Å². The van der Waals surface area contributed by atoms with Crippen molar-refractivity contribution >= 4 is 46.3 Å². The van der Waals surface area contributed by atoms with Crippen LogP contribution in [0.5, 0.6) is 5.75 Å². The molecule has 1 aliphatic heterocycles. The maximum Gasteiger partial charge on any atom is 0.335 e. The number of carbonyl (C=O) groups excluding carboxylic acids is 3. The summed E-state index contributed by atoms with van der Waals surface area (Å²) in [6.45, 7) is 8.42. The number of unbranched alkanes of at least 4 members (excludes halogenated alkanes) is 2. The minimum Gasteiger partial charge on any atom is -0.479 e. The number of aliphatic carboxylic acids is 1. The summed E-state index contributed by atoms with van der Waals surface area (Å²) in [4.78, 5) is 47.0. The van der Waals surface area contributed by atoms with Gasteiger partial charge in [-0.25, -0.2) is 4.79 Å². The summed E-state index contributed by atoms with van der Waals surface area (Å²) >= 11 is 2.02. The van der Waals surface area contributed by atoms with E-state index in [-0.39, 0.29) is 24.2 Å². The van der Waals surface area contributed by atoms with Crippen molar-refractivity contribution in [1.29, 1.82) is 0 Å². The van der Waals surface area contributed by atoms with E-state index in [4.69, 9.17) is 28.4 Å². The Hall–Kier alpha value is -2.65. The Labute approximate surface area is 318 Å². The molecule has 1 aromatic rings. The van der Waals surface area contributed by atoms with E-state index in [0.717, 1.165) is 24.8 Å². The van der Waals surface area contributed by atoms with Gasteiger partial charge >= 0.3 is 11.9 Å². The molecule has 1 aliphatic rings. The Kier molecular flexibility index (Phi) is 21.5. The molecule has 1 aromatic carbocycles. The van der Waals surface area contributed by atoms with E-state index in [1.165, 1.54) is 0 Å². The van der Waals surface area contributed by atoms with E-state index in [9.17, 15) is 39.6 Å². The number of benzene rings is 1. The quantitative estimate of drug-likeness (QED) is 0.0353. The van der Waals surface area contributed by atoms with Crippen LogP contribution in [-0.2, 0) is 55.9 Å². The maximum atomic E-state index is 12.5. The number of aliphatic hydroxyl groups excluding tert-OH is 3. The summed E-state index contributed by atoms with van der Waals surface area (Å²) in [6.07, 6.45) is -4.65. The van der Waals surface area contributed by atoms with Crippen molar-refractivity contribution in [2.45, 2.75) is 96.6 Å². The smallest absolute Gasteiger partial charge is 0.335 e. The van der Waals surface area contributed by atoms with Crippen molar-refractivity contribution in [3.05, 3.63) is 29.3 Å². The van der Waals surface area contributed by atoms with E-state index in [2.05, 4.69) is 10.6 Å². The van der Waals surface area contributed by atoms with E-state index < -0.39 is 48.1 Å². The number of carboxylic acid groups (broad SMARTS) is 1. The van der Waals surface area contributed by atoms with Crippen molar-refractivity contribution < 1.29 is 68.0 Å². The number of alkyl halides is 1. The third kappa shape index (κ3) is 17.5. The molecule has 17 heteroatoms. The van der Waals surface area contributed by atoms with Crippen LogP contribution in [0.4, 0.5) is 0 Å². The van der Waals surface area contributed by atoms with Crippen LogP contribution in [0.15, 0.2) is 18.2 Å². The Morgan fingerprint density at radius 2 is 1.46 bits per heavy atom. The zero-order valence-electron chi connectivity index (χ0n) is 30.2. The minimum atomic E-state index is -1.86. The number of rotatable bonds is 25. The molecule has 0 aliphatic carbocycles. The van der Waals surface area contributed by atoms with Gasteiger partial charge in [0.25, 0.3) is 0 Å². The monoisotopic (exact) mass is 854 g/mol. The molecule has 5 atom stereocenters. The molecule has 0 bridgehead atoms. The summed E-state index contributed by atoms with van der Waals surface area (Å²) < 4.78 is 33.6. The molecule has 1 fully saturated rings. The first-order valence-corrected chi connectivity index (χ1v) is 19.0. The number of nitrogens with one attached hydrogen (secondary N) is 2. The number of carbonyl (C=O) groups is 4. The summed E-state index contributed by atoms with van der Waals surface area (Å²) in [5, 5.41) is 45.5. The molecule has 6 N–H and O–H groups in total. The SMILES string of the molecule is CC(C)(C)C(=O)OCc1cc(CCCOCCOCCOCCNC(=O)CCCCCNC(=O)CI)ccc1O[C@@H]1O[C@H](C(=O)O)[C@@H](O)[C@H](O)[C@H]1O. The fraction of sp³-hybridized carbons (Fsp3) is 0.714. The number of aryl methyl sites for hydroxylation is 1. The lowest BCUT2D eigenvalue weighted by atomic mass is 9.97. The minimum absolute atomic E-state index is 0.0205. The van der Waals surface area contributed by atoms with Crippen molar-refractivity contribution in [2.75, 3.05) is 57.2 Å². The van der Waals surface area contributed by atoms with Crippen LogP contribution in [0.2, 0.25) is 0 Å². The fourth-order valence-corrected chi connectivity index (χ4v) is 5.05. The third-order valence-corrected chi connectivity index (χ3v) is 8.44. The Balaban J connectivity index is 1.66. The third-order valence-electron chi connectivity index (χ3n) is 7.74. The molecule has 16 nitrogen and oxygen atoms in total. The van der Waals surface area contributed by atoms with Crippen LogP contribution in [0.1, 0.15) is 64.0 Å². The number of hydrogen-bond acceptors (Lipinski definition) is 13. The van der Waals surface area contributed by atoms with E-state index in [1.807, 2.05) is 22.6 Å². The Morgan fingerprint density at radius 1 is 0.808 bits per heavy atom. The molecule has 0 spiro atoms. The summed E-state index contributed by atoms with van der Waals surface area (Å²) in [6, 6.07) is 5.09. The molecule has 2 rings (SSSR count). The molecule has 52 heavy (non-hydrogen) atoms. The molecular weight excluding hydrogens is 799 g/mol. The van der Waals surface area contributed by atoms with Gasteiger partial charge < -0.3 is 59.5 Å². The van der Waals surface area contributed by atoms with Gasteiger partial charge in [-0.2, -0.15) is 0 Å². The Bertz CT molecular complexity index is 1250. The van der Waals surface area contributed by atoms with Crippen LogP contribution >= 0.6 is 22.6 Å². The van der Waals surface area contributed by atoms with Crippen LogP contribution in [0, 0.1) is 5.41 Å². The van der Waals surface area contributed by atoms with Crippen LogP contribution in [-0.4, -0.2) is 132 Å². The lowest BCUT2D eigenvalue weighted by molar-refractivity contribution is -0.271. The van der Waals surface area contributed by atoms with Crippen LogP contribution in [0.3, 0.4) is 0 Å². The molecule has 0 aromatic heterocycles. The van der Waals surface area contributed by atoms with Crippen molar-refractivity contribution in [3.63, 3.8) is 0 Å².